The third-order valence-electron chi connectivity index (χ3n) is 4.41. The van der Waals surface area contributed by atoms with Gasteiger partial charge < -0.3 is 20.1 Å². The summed E-state index contributed by atoms with van der Waals surface area (Å²) < 4.78 is 51.0. The van der Waals surface area contributed by atoms with Gasteiger partial charge in [0.2, 0.25) is 15.9 Å². The lowest BCUT2D eigenvalue weighted by Gasteiger charge is -2.26. The minimum atomic E-state index is -3.79. The Morgan fingerprint density at radius 3 is 2.57 bits per heavy atom. The molecule has 162 valence electrons. The van der Waals surface area contributed by atoms with Gasteiger partial charge in [-0.05, 0) is 36.4 Å². The van der Waals surface area contributed by atoms with Crippen LogP contribution in [-0.2, 0) is 19.6 Å². The molecule has 1 aliphatic rings. The molecular formula is C19H21ClFN3O5S. The molecule has 2 N–H and O–H groups in total. The molecule has 1 heterocycles. The highest BCUT2D eigenvalue weighted by molar-refractivity contribution is 7.89. The third kappa shape index (κ3) is 5.20. The number of carbonyl (C=O) groups excluding carboxylic acids is 1. The second-order valence-electron chi connectivity index (χ2n) is 6.41. The first-order valence-corrected chi connectivity index (χ1v) is 10.9. The molecule has 0 radical (unpaired) electrons. The summed E-state index contributed by atoms with van der Waals surface area (Å²) in [5.41, 5.74) is 0.772. The van der Waals surface area contributed by atoms with Crippen LogP contribution in [0.5, 0.6) is 5.75 Å². The number of halogens is 2. The Labute approximate surface area is 179 Å². The average molecular weight is 458 g/mol. The number of nitrogens with one attached hydrogen (secondary N) is 2. The van der Waals surface area contributed by atoms with E-state index in [1.807, 2.05) is 0 Å². The molecule has 0 atom stereocenters. The van der Waals surface area contributed by atoms with E-state index in [0.717, 1.165) is 6.07 Å². The molecule has 0 aromatic heterocycles. The minimum absolute atomic E-state index is 0.00243. The Bertz CT molecular complexity index is 1030. The summed E-state index contributed by atoms with van der Waals surface area (Å²) in [6.45, 7) is 1.02. The fourth-order valence-electron chi connectivity index (χ4n) is 2.88. The van der Waals surface area contributed by atoms with Crippen molar-refractivity contribution in [1.29, 1.82) is 0 Å². The van der Waals surface area contributed by atoms with E-state index in [-0.39, 0.29) is 35.3 Å². The highest BCUT2D eigenvalue weighted by atomic mass is 35.5. The number of amides is 1. The van der Waals surface area contributed by atoms with Crippen LogP contribution in [0.3, 0.4) is 0 Å². The van der Waals surface area contributed by atoms with Crippen molar-refractivity contribution in [3.05, 3.63) is 47.2 Å². The van der Waals surface area contributed by atoms with E-state index in [1.54, 1.807) is 6.07 Å². The van der Waals surface area contributed by atoms with Gasteiger partial charge in [0.05, 0.1) is 31.9 Å². The Hall–Kier alpha value is -2.40. The van der Waals surface area contributed by atoms with Crippen LogP contribution in [0.4, 0.5) is 15.8 Å². The minimum Gasteiger partial charge on any atom is -0.495 e. The maximum atomic E-state index is 13.2. The monoisotopic (exact) mass is 457 g/mol. The highest BCUT2D eigenvalue weighted by Crippen LogP contribution is 2.30. The number of rotatable bonds is 7. The molecule has 0 spiro atoms. The Balaban J connectivity index is 1.71. The van der Waals surface area contributed by atoms with Gasteiger partial charge in [-0.15, -0.1) is 0 Å². The topological polar surface area (TPSA) is 97.0 Å². The van der Waals surface area contributed by atoms with Crippen LogP contribution in [0.15, 0.2) is 41.3 Å². The number of morpholine rings is 1. The number of hydrogen-bond donors (Lipinski definition) is 2. The van der Waals surface area contributed by atoms with E-state index in [4.69, 9.17) is 21.1 Å². The van der Waals surface area contributed by atoms with E-state index < -0.39 is 21.7 Å². The van der Waals surface area contributed by atoms with Gasteiger partial charge in [0.15, 0.2) is 0 Å². The zero-order valence-electron chi connectivity index (χ0n) is 16.2. The number of benzene rings is 2. The molecule has 1 saturated heterocycles. The van der Waals surface area contributed by atoms with Gasteiger partial charge in [0.1, 0.15) is 16.5 Å². The Morgan fingerprint density at radius 2 is 1.90 bits per heavy atom. The van der Waals surface area contributed by atoms with Crippen molar-refractivity contribution in [2.24, 2.45) is 0 Å². The second kappa shape index (κ2) is 9.61. The normalized spacial score (nSPS) is 14.9. The molecule has 0 unspecified atom stereocenters. The van der Waals surface area contributed by atoms with Gasteiger partial charge in [0, 0.05) is 24.5 Å². The standard InChI is InChI=1S/C19H21ClFN3O5S/c1-28-17-5-3-13(11-18(17)30(26,27)24-6-8-29-9-7-24)22-12-19(25)23-14-2-4-16(21)15(20)10-14/h2-5,10-11,22H,6-9,12H2,1H3,(H,23,25). The van der Waals surface area contributed by atoms with E-state index in [1.165, 1.54) is 35.7 Å². The van der Waals surface area contributed by atoms with E-state index in [2.05, 4.69) is 10.6 Å². The highest BCUT2D eigenvalue weighted by Gasteiger charge is 2.29. The summed E-state index contributed by atoms with van der Waals surface area (Å²) in [5, 5.41) is 5.35. The predicted molar refractivity (Wildman–Crippen MR) is 111 cm³/mol. The molecule has 0 bridgehead atoms. The summed E-state index contributed by atoms with van der Waals surface area (Å²) in [5.74, 6) is -0.788. The lowest BCUT2D eigenvalue weighted by atomic mass is 10.3. The van der Waals surface area contributed by atoms with Gasteiger partial charge in [-0.3, -0.25) is 4.79 Å². The maximum Gasteiger partial charge on any atom is 0.246 e. The zero-order valence-corrected chi connectivity index (χ0v) is 17.7. The first-order chi connectivity index (χ1) is 14.3. The van der Waals surface area contributed by atoms with Crippen molar-refractivity contribution in [2.45, 2.75) is 4.90 Å². The smallest absolute Gasteiger partial charge is 0.246 e. The van der Waals surface area contributed by atoms with Crippen LogP contribution in [0.1, 0.15) is 0 Å². The lowest BCUT2D eigenvalue weighted by molar-refractivity contribution is -0.114. The Morgan fingerprint density at radius 1 is 1.20 bits per heavy atom. The first-order valence-electron chi connectivity index (χ1n) is 9.06. The summed E-state index contributed by atoms with van der Waals surface area (Å²) in [7, 11) is -2.39. The van der Waals surface area contributed by atoms with Crippen LogP contribution in [0.25, 0.3) is 0 Å². The number of ether oxygens (including phenoxy) is 2. The summed E-state index contributed by atoms with van der Waals surface area (Å²) in [6.07, 6.45) is 0. The SMILES string of the molecule is COc1ccc(NCC(=O)Nc2ccc(F)c(Cl)c2)cc1S(=O)(=O)N1CCOCC1. The van der Waals surface area contributed by atoms with Crippen molar-refractivity contribution < 1.29 is 27.1 Å². The maximum absolute atomic E-state index is 13.2. The summed E-state index contributed by atoms with van der Waals surface area (Å²) in [4.78, 5) is 12.2. The van der Waals surface area contributed by atoms with Gasteiger partial charge >= 0.3 is 0 Å². The molecule has 11 heteroatoms. The molecule has 1 aliphatic heterocycles. The zero-order chi connectivity index (χ0) is 21.7. The number of methoxy groups -OCH3 is 1. The number of nitrogens with zero attached hydrogens (tertiary/aromatic N) is 1. The molecule has 1 amide bonds. The molecule has 3 rings (SSSR count). The van der Waals surface area contributed by atoms with Crippen molar-refractivity contribution in [1.82, 2.24) is 4.31 Å². The van der Waals surface area contributed by atoms with Crippen LogP contribution >= 0.6 is 11.6 Å². The van der Waals surface area contributed by atoms with E-state index in [9.17, 15) is 17.6 Å². The van der Waals surface area contributed by atoms with E-state index >= 15 is 0 Å². The van der Waals surface area contributed by atoms with E-state index in [0.29, 0.717) is 24.6 Å². The molecule has 8 nitrogen and oxygen atoms in total. The first kappa shape index (κ1) is 22.3. The number of carbonyl (C=O) groups is 1. The van der Waals surface area contributed by atoms with Gasteiger partial charge in [0.25, 0.3) is 0 Å². The summed E-state index contributed by atoms with van der Waals surface area (Å²) >= 11 is 5.70. The van der Waals surface area contributed by atoms with Crippen LogP contribution in [-0.4, -0.2) is 58.6 Å². The predicted octanol–water partition coefficient (Wildman–Crippen LogP) is 2.56. The molecule has 2 aromatic carbocycles. The molecular weight excluding hydrogens is 437 g/mol. The van der Waals surface area contributed by atoms with Gasteiger partial charge in [-0.1, -0.05) is 11.6 Å². The molecule has 2 aromatic rings. The van der Waals surface area contributed by atoms with Gasteiger partial charge in [-0.2, -0.15) is 4.31 Å². The number of hydrogen-bond acceptors (Lipinski definition) is 6. The van der Waals surface area contributed by atoms with Crippen LogP contribution in [0, 0.1) is 5.82 Å². The second-order valence-corrected chi connectivity index (χ2v) is 8.73. The molecule has 0 aliphatic carbocycles. The average Bonchev–Trinajstić information content (AvgIpc) is 2.75. The van der Waals surface area contributed by atoms with Crippen molar-refractivity contribution in [3.8, 4) is 5.75 Å². The summed E-state index contributed by atoms with van der Waals surface area (Å²) in [6, 6.07) is 8.39. The van der Waals surface area contributed by atoms with Crippen LogP contribution < -0.4 is 15.4 Å². The molecule has 0 saturated carbocycles. The number of sulfonamides is 1. The Kier molecular flexibility index (Phi) is 7.14. The third-order valence-corrected chi connectivity index (χ3v) is 6.62. The van der Waals surface area contributed by atoms with Crippen molar-refractivity contribution in [2.75, 3.05) is 50.6 Å². The van der Waals surface area contributed by atoms with Crippen LogP contribution in [0.2, 0.25) is 5.02 Å². The molecule has 1 fully saturated rings. The van der Waals surface area contributed by atoms with Gasteiger partial charge in [-0.25, -0.2) is 12.8 Å². The fraction of sp³-hybridized carbons (Fsp3) is 0.316. The lowest BCUT2D eigenvalue weighted by Crippen LogP contribution is -2.40. The quantitative estimate of drug-likeness (QED) is 0.663. The number of anilines is 2. The molecule has 30 heavy (non-hydrogen) atoms. The van der Waals surface area contributed by atoms with Crippen molar-refractivity contribution >= 4 is 38.9 Å². The largest absolute Gasteiger partial charge is 0.495 e. The fourth-order valence-corrected chi connectivity index (χ4v) is 4.65. The van der Waals surface area contributed by atoms with Crippen molar-refractivity contribution in [3.63, 3.8) is 0 Å².